The molecule has 1 rings (SSSR count). The molecule has 4 nitrogen and oxygen atoms in total. The topological polar surface area (TPSA) is 36.9 Å². The first-order valence-electron chi connectivity index (χ1n) is 3.28. The molecule has 2 unspecified atom stereocenters. The lowest BCUT2D eigenvalue weighted by molar-refractivity contribution is -0.416. The first-order valence-corrected chi connectivity index (χ1v) is 3.28. The molecule has 0 aliphatic carbocycles. The van der Waals surface area contributed by atoms with Gasteiger partial charge in [-0.25, -0.2) is 9.47 Å². The zero-order valence-electron chi connectivity index (χ0n) is 6.93. The van der Waals surface area contributed by atoms with Gasteiger partial charge < -0.3 is 9.47 Å². The Bertz CT molecular complexity index is 248. The van der Waals surface area contributed by atoms with Crippen LogP contribution in [0, 0.1) is 0 Å². The minimum Gasteiger partial charge on any atom is -0.438 e. The lowest BCUT2D eigenvalue weighted by atomic mass is 10.5. The summed E-state index contributed by atoms with van der Waals surface area (Å²) in [5, 5.41) is 0. The molecule has 0 bridgehead atoms. The van der Waals surface area contributed by atoms with Crippen LogP contribution in [0.4, 0.5) is 17.6 Å². The Morgan fingerprint density at radius 1 is 1.14 bits per heavy atom. The smallest absolute Gasteiger partial charge is 0.438 e. The molecule has 0 N–H and O–H groups in total. The molecule has 1 saturated heterocycles. The molecule has 0 aromatic heterocycles. The van der Waals surface area contributed by atoms with Gasteiger partial charge >= 0.3 is 18.4 Å². The number of halogens is 4. The molecule has 1 aliphatic heterocycles. The van der Waals surface area contributed by atoms with Gasteiger partial charge in [0.1, 0.15) is 0 Å². The maximum absolute atomic E-state index is 13.2. The van der Waals surface area contributed by atoms with E-state index in [0.29, 0.717) is 13.4 Å². The second kappa shape index (κ2) is 3.07. The van der Waals surface area contributed by atoms with Gasteiger partial charge in [0, 0.05) is 7.11 Å². The Hall–Kier alpha value is -0.860. The SMILES string of the molecule is C=COC1(F)OC(F)(F)OC1(F)OC. The third kappa shape index (κ3) is 1.56. The van der Waals surface area contributed by atoms with Gasteiger partial charge in [0.25, 0.3) is 0 Å². The van der Waals surface area contributed by atoms with E-state index < -0.39 is 18.4 Å². The fourth-order valence-corrected chi connectivity index (χ4v) is 0.814. The maximum atomic E-state index is 13.2. The third-order valence-electron chi connectivity index (χ3n) is 1.35. The van der Waals surface area contributed by atoms with Crippen molar-refractivity contribution in [2.75, 3.05) is 7.11 Å². The highest BCUT2D eigenvalue weighted by Crippen LogP contribution is 2.49. The molecule has 0 amide bonds. The van der Waals surface area contributed by atoms with E-state index in [1.807, 2.05) is 0 Å². The fraction of sp³-hybridized carbons (Fsp3) is 0.667. The Morgan fingerprint density at radius 3 is 2.07 bits per heavy atom. The summed E-state index contributed by atoms with van der Waals surface area (Å²) in [5.74, 6) is 0. The summed E-state index contributed by atoms with van der Waals surface area (Å²) in [6.45, 7) is 2.85. The molecule has 0 spiro atoms. The Labute approximate surface area is 76.0 Å². The minimum absolute atomic E-state index is 0.373. The molecule has 1 heterocycles. The molecule has 1 fully saturated rings. The van der Waals surface area contributed by atoms with Crippen LogP contribution in [0.3, 0.4) is 0 Å². The lowest BCUT2D eigenvalue weighted by Crippen LogP contribution is -2.47. The van der Waals surface area contributed by atoms with Crippen molar-refractivity contribution in [3.05, 3.63) is 12.8 Å². The quantitative estimate of drug-likeness (QED) is 0.533. The molecule has 8 heteroatoms. The fourth-order valence-electron chi connectivity index (χ4n) is 0.814. The molecule has 82 valence electrons. The van der Waals surface area contributed by atoms with E-state index in [1.54, 1.807) is 0 Å². The van der Waals surface area contributed by atoms with Crippen molar-refractivity contribution in [3.63, 3.8) is 0 Å². The number of hydrogen-bond acceptors (Lipinski definition) is 4. The summed E-state index contributed by atoms with van der Waals surface area (Å²) < 4.78 is 65.2. The summed E-state index contributed by atoms with van der Waals surface area (Å²) in [5.41, 5.74) is 0. The van der Waals surface area contributed by atoms with Crippen LogP contribution in [0.2, 0.25) is 0 Å². The zero-order valence-corrected chi connectivity index (χ0v) is 6.93. The first kappa shape index (κ1) is 11.2. The molecular formula is C6H6F4O4. The number of alkyl halides is 4. The number of methoxy groups -OCH3 is 1. The number of ether oxygens (including phenoxy) is 4. The van der Waals surface area contributed by atoms with Crippen LogP contribution in [0.1, 0.15) is 0 Å². The number of hydrogen-bond donors (Lipinski definition) is 0. The van der Waals surface area contributed by atoms with Crippen LogP contribution < -0.4 is 0 Å². The second-order valence-corrected chi connectivity index (χ2v) is 2.23. The molecule has 0 radical (unpaired) electrons. The molecule has 2 atom stereocenters. The summed E-state index contributed by atoms with van der Waals surface area (Å²) >= 11 is 0. The molecule has 14 heavy (non-hydrogen) atoms. The highest BCUT2D eigenvalue weighted by atomic mass is 19.3. The second-order valence-electron chi connectivity index (χ2n) is 2.23. The maximum Gasteiger partial charge on any atom is 0.495 e. The van der Waals surface area contributed by atoms with Crippen molar-refractivity contribution in [3.8, 4) is 0 Å². The van der Waals surface area contributed by atoms with E-state index in [4.69, 9.17) is 0 Å². The normalized spacial score (nSPS) is 40.9. The Morgan fingerprint density at radius 2 is 1.64 bits per heavy atom. The summed E-state index contributed by atoms with van der Waals surface area (Å²) in [6, 6.07) is -7.75. The highest BCUT2D eigenvalue weighted by molar-refractivity contribution is 4.79. The van der Waals surface area contributed by atoms with Crippen LogP contribution in [-0.4, -0.2) is 25.5 Å². The van der Waals surface area contributed by atoms with Crippen LogP contribution >= 0.6 is 0 Å². The highest BCUT2D eigenvalue weighted by Gasteiger charge is 2.75. The van der Waals surface area contributed by atoms with E-state index in [1.165, 1.54) is 0 Å². The van der Waals surface area contributed by atoms with E-state index in [-0.39, 0.29) is 0 Å². The predicted octanol–water partition coefficient (Wildman–Crippen LogP) is 1.64. The lowest BCUT2D eigenvalue weighted by Gasteiger charge is -2.24. The van der Waals surface area contributed by atoms with Gasteiger partial charge in [-0.1, -0.05) is 6.58 Å². The van der Waals surface area contributed by atoms with Crippen molar-refractivity contribution in [1.82, 2.24) is 0 Å². The van der Waals surface area contributed by atoms with Crippen molar-refractivity contribution >= 4 is 0 Å². The van der Waals surface area contributed by atoms with Gasteiger partial charge in [-0.2, -0.15) is 8.78 Å². The van der Waals surface area contributed by atoms with E-state index in [9.17, 15) is 17.6 Å². The van der Waals surface area contributed by atoms with Gasteiger partial charge in [-0.15, -0.1) is 8.78 Å². The van der Waals surface area contributed by atoms with Gasteiger partial charge in [0.05, 0.1) is 6.26 Å². The number of rotatable bonds is 3. The Kier molecular flexibility index (Phi) is 2.46. The monoisotopic (exact) mass is 218 g/mol. The summed E-state index contributed by atoms with van der Waals surface area (Å²) in [4.78, 5) is 0. The first-order chi connectivity index (χ1) is 6.29. The predicted molar refractivity (Wildman–Crippen MR) is 33.1 cm³/mol. The van der Waals surface area contributed by atoms with Gasteiger partial charge in [-0.3, -0.25) is 0 Å². The van der Waals surface area contributed by atoms with Crippen molar-refractivity contribution in [2.24, 2.45) is 0 Å². The largest absolute Gasteiger partial charge is 0.495 e. The van der Waals surface area contributed by atoms with Crippen molar-refractivity contribution in [1.29, 1.82) is 0 Å². The van der Waals surface area contributed by atoms with Gasteiger partial charge in [-0.05, 0) is 0 Å². The van der Waals surface area contributed by atoms with E-state index >= 15 is 0 Å². The minimum atomic E-state index is -4.48. The summed E-state index contributed by atoms with van der Waals surface area (Å²) in [7, 11) is 0.603. The third-order valence-corrected chi connectivity index (χ3v) is 1.35. The van der Waals surface area contributed by atoms with E-state index in [0.717, 1.165) is 0 Å². The average molecular weight is 218 g/mol. The van der Waals surface area contributed by atoms with Crippen molar-refractivity contribution in [2.45, 2.75) is 18.4 Å². The van der Waals surface area contributed by atoms with Gasteiger partial charge in [0.15, 0.2) is 0 Å². The van der Waals surface area contributed by atoms with Crippen LogP contribution in [-0.2, 0) is 18.9 Å². The molecule has 0 aromatic rings. The van der Waals surface area contributed by atoms with Crippen LogP contribution in [0.25, 0.3) is 0 Å². The molecule has 1 aliphatic rings. The molecule has 0 aromatic carbocycles. The van der Waals surface area contributed by atoms with Crippen molar-refractivity contribution < 1.29 is 36.5 Å². The Balaban J connectivity index is 2.98. The van der Waals surface area contributed by atoms with Gasteiger partial charge in [0.2, 0.25) is 0 Å². The molecule has 0 saturated carbocycles. The average Bonchev–Trinajstić information content (AvgIpc) is 2.19. The molecular weight excluding hydrogens is 212 g/mol. The zero-order chi connectivity index (χ0) is 11.0. The van der Waals surface area contributed by atoms with Crippen LogP contribution in [0.15, 0.2) is 12.8 Å². The standard InChI is InChI=1S/C6H6F4O4/c1-3-12-5(8)4(7,11-2)13-6(9,10)14-5/h3H,1H2,2H3. The van der Waals surface area contributed by atoms with E-state index in [2.05, 4.69) is 25.5 Å². The summed E-state index contributed by atoms with van der Waals surface area (Å²) in [6.07, 6.45) is -4.11. The van der Waals surface area contributed by atoms with Crippen LogP contribution in [0.5, 0.6) is 0 Å².